The molecule has 11 heteroatoms. The molecule has 0 saturated carbocycles. The molecule has 2 amide bonds. The summed E-state index contributed by atoms with van der Waals surface area (Å²) in [6.07, 6.45) is 1.60. The number of anilines is 2. The van der Waals surface area contributed by atoms with Gasteiger partial charge in [-0.05, 0) is 47.8 Å². The van der Waals surface area contributed by atoms with Gasteiger partial charge in [0.1, 0.15) is 17.9 Å². The predicted octanol–water partition coefficient (Wildman–Crippen LogP) is 5.52. The Morgan fingerprint density at radius 3 is 2.50 bits per heavy atom. The summed E-state index contributed by atoms with van der Waals surface area (Å²) in [4.78, 5) is 26.1. The van der Waals surface area contributed by atoms with Crippen LogP contribution in [0, 0.1) is 0 Å². The summed E-state index contributed by atoms with van der Waals surface area (Å²) < 4.78 is 0. The number of hydrogen-bond donors (Lipinski definition) is 3. The van der Waals surface area contributed by atoms with Gasteiger partial charge in [0, 0.05) is 21.3 Å². The van der Waals surface area contributed by atoms with Crippen molar-refractivity contribution in [1.82, 2.24) is 10.3 Å². The minimum Gasteiger partial charge on any atom is -0.356 e. The monoisotopic (exact) mass is 507 g/mol. The first-order valence-electron chi connectivity index (χ1n) is 9.35. The van der Waals surface area contributed by atoms with E-state index in [4.69, 9.17) is 34.8 Å². The quantitative estimate of drug-likeness (QED) is 0.409. The maximum atomic E-state index is 12.9. The van der Waals surface area contributed by atoms with E-state index in [-0.39, 0.29) is 5.56 Å². The number of thiophene rings is 1. The number of nitrogens with zero attached hydrogens (tertiary/aromatic N) is 2. The molecule has 3 N–H and O–H groups in total. The van der Waals surface area contributed by atoms with Crippen molar-refractivity contribution in [3.63, 3.8) is 0 Å². The van der Waals surface area contributed by atoms with Crippen molar-refractivity contribution in [1.29, 1.82) is 0 Å². The van der Waals surface area contributed by atoms with E-state index < -0.39 is 11.8 Å². The van der Waals surface area contributed by atoms with Crippen LogP contribution in [0.15, 0.2) is 52.9 Å². The van der Waals surface area contributed by atoms with Gasteiger partial charge in [-0.15, -0.1) is 11.3 Å². The molecule has 0 unspecified atom stereocenters. The normalized spacial score (nSPS) is 12.5. The molecule has 0 bridgehead atoms. The van der Waals surface area contributed by atoms with E-state index in [0.717, 1.165) is 5.56 Å². The van der Waals surface area contributed by atoms with Crippen LogP contribution in [0.2, 0.25) is 15.1 Å². The molecule has 0 fully saturated rings. The van der Waals surface area contributed by atoms with E-state index in [9.17, 15) is 9.59 Å². The lowest BCUT2D eigenvalue weighted by Crippen LogP contribution is -2.20. The van der Waals surface area contributed by atoms with Crippen LogP contribution in [-0.4, -0.2) is 29.8 Å². The number of nitrogens with one attached hydrogen (secondary N) is 3. The topological polar surface area (TPSA) is 85.8 Å². The maximum Gasteiger partial charge on any atom is 0.267 e. The molecule has 2 aromatic carbocycles. The molecule has 3 aromatic rings. The molecule has 32 heavy (non-hydrogen) atoms. The number of hydrazone groups is 1. The SMILES string of the molecule is O=C(Nc1ccc(Cl)cc1)c1cc(Cl)ccc1NC(=O)c1scc(CN2CNC=N2)c1Cl. The molecule has 1 aliphatic rings. The van der Waals surface area contributed by atoms with E-state index in [2.05, 4.69) is 21.1 Å². The highest BCUT2D eigenvalue weighted by molar-refractivity contribution is 7.13. The zero-order valence-corrected chi connectivity index (χ0v) is 19.4. The fourth-order valence-corrected chi connectivity index (χ4v) is 4.51. The molecule has 0 saturated heterocycles. The third-order valence-corrected chi connectivity index (χ3v) is 6.58. The van der Waals surface area contributed by atoms with Crippen LogP contribution in [-0.2, 0) is 6.54 Å². The molecule has 0 radical (unpaired) electrons. The van der Waals surface area contributed by atoms with E-state index in [0.29, 0.717) is 44.5 Å². The van der Waals surface area contributed by atoms with Gasteiger partial charge in [-0.3, -0.25) is 14.6 Å². The standard InChI is InChI=1S/C21H16Cl3N5O2S/c22-13-1-4-15(5-2-13)27-20(30)16-7-14(23)3-6-17(16)28-21(31)19-18(24)12(9-32-19)8-29-11-25-10-26-29/h1-7,9-10H,8,11H2,(H,25,26)(H,27,30)(H,28,31). The first-order valence-corrected chi connectivity index (χ1v) is 11.4. The van der Waals surface area contributed by atoms with Crippen LogP contribution in [0.25, 0.3) is 0 Å². The second-order valence-electron chi connectivity index (χ2n) is 6.78. The minimum absolute atomic E-state index is 0.214. The average Bonchev–Trinajstić information content (AvgIpc) is 3.41. The van der Waals surface area contributed by atoms with E-state index in [1.807, 2.05) is 5.38 Å². The van der Waals surface area contributed by atoms with Gasteiger partial charge in [0.25, 0.3) is 11.8 Å². The molecular formula is C21H16Cl3N5O2S. The number of rotatable bonds is 6. The number of carbonyl (C=O) groups is 2. The van der Waals surface area contributed by atoms with Crippen LogP contribution in [0.4, 0.5) is 11.4 Å². The Balaban J connectivity index is 1.52. The summed E-state index contributed by atoms with van der Waals surface area (Å²) in [7, 11) is 0. The third kappa shape index (κ3) is 5.16. The van der Waals surface area contributed by atoms with E-state index in [1.54, 1.807) is 47.7 Å². The van der Waals surface area contributed by atoms with Gasteiger partial charge in [0.15, 0.2) is 0 Å². The van der Waals surface area contributed by atoms with Gasteiger partial charge in [-0.2, -0.15) is 5.10 Å². The zero-order chi connectivity index (χ0) is 22.7. The Morgan fingerprint density at radius 1 is 1.03 bits per heavy atom. The average molecular weight is 509 g/mol. The van der Waals surface area contributed by atoms with E-state index in [1.165, 1.54) is 17.4 Å². The zero-order valence-electron chi connectivity index (χ0n) is 16.4. The highest BCUT2D eigenvalue weighted by Gasteiger charge is 2.21. The van der Waals surface area contributed by atoms with Crippen molar-refractivity contribution in [2.75, 3.05) is 17.3 Å². The largest absolute Gasteiger partial charge is 0.356 e. The first kappa shape index (κ1) is 22.4. The highest BCUT2D eigenvalue weighted by atomic mass is 35.5. The summed E-state index contributed by atoms with van der Waals surface area (Å²) in [5.74, 6) is -0.848. The molecule has 0 atom stereocenters. The minimum atomic E-state index is -0.428. The van der Waals surface area contributed by atoms with Gasteiger partial charge in [-0.25, -0.2) is 0 Å². The molecule has 1 aliphatic heterocycles. The summed E-state index contributed by atoms with van der Waals surface area (Å²) in [5.41, 5.74) is 1.87. The van der Waals surface area contributed by atoms with Crippen molar-refractivity contribution in [3.8, 4) is 0 Å². The van der Waals surface area contributed by atoms with Gasteiger partial charge in [0.05, 0.1) is 22.8 Å². The van der Waals surface area contributed by atoms with Crippen LogP contribution >= 0.6 is 46.1 Å². The molecule has 164 valence electrons. The van der Waals surface area contributed by atoms with Crippen LogP contribution < -0.4 is 16.0 Å². The molecule has 2 heterocycles. The Hall–Kier alpha value is -2.78. The lowest BCUT2D eigenvalue weighted by Gasteiger charge is -2.13. The van der Waals surface area contributed by atoms with Crippen LogP contribution in [0.5, 0.6) is 0 Å². The highest BCUT2D eigenvalue weighted by Crippen LogP contribution is 2.31. The van der Waals surface area contributed by atoms with Crippen molar-refractivity contribution in [2.24, 2.45) is 5.10 Å². The smallest absolute Gasteiger partial charge is 0.267 e. The number of halogens is 3. The maximum absolute atomic E-state index is 12.9. The molecular weight excluding hydrogens is 493 g/mol. The van der Waals surface area contributed by atoms with Crippen molar-refractivity contribution in [2.45, 2.75) is 6.54 Å². The molecule has 0 aliphatic carbocycles. The summed E-state index contributed by atoms with van der Waals surface area (Å²) in [6, 6.07) is 11.3. The fourth-order valence-electron chi connectivity index (χ4n) is 2.97. The Labute approximate surface area is 203 Å². The summed E-state index contributed by atoms with van der Waals surface area (Å²) >= 11 is 19.7. The second kappa shape index (κ2) is 9.79. The Kier molecular flexibility index (Phi) is 6.86. The molecule has 1 aromatic heterocycles. The van der Waals surface area contributed by atoms with Gasteiger partial charge in [-0.1, -0.05) is 34.8 Å². The van der Waals surface area contributed by atoms with E-state index >= 15 is 0 Å². The first-order chi connectivity index (χ1) is 15.4. The lowest BCUT2D eigenvalue weighted by atomic mass is 10.1. The fraction of sp³-hybridized carbons (Fsp3) is 0.0952. The number of benzene rings is 2. The summed E-state index contributed by atoms with van der Waals surface area (Å²) in [5, 5.41) is 17.5. The van der Waals surface area contributed by atoms with Gasteiger partial charge in [0.2, 0.25) is 0 Å². The number of amides is 2. The number of carbonyl (C=O) groups excluding carboxylic acids is 2. The van der Waals surface area contributed by atoms with Crippen molar-refractivity contribution in [3.05, 3.63) is 78.9 Å². The summed E-state index contributed by atoms with van der Waals surface area (Å²) in [6.45, 7) is 1.05. The van der Waals surface area contributed by atoms with Crippen molar-refractivity contribution < 1.29 is 9.59 Å². The lowest BCUT2D eigenvalue weighted by molar-refractivity contribution is 0.102. The van der Waals surface area contributed by atoms with Crippen molar-refractivity contribution >= 4 is 75.7 Å². The number of hydrogen-bond acceptors (Lipinski definition) is 6. The van der Waals surface area contributed by atoms with Gasteiger partial charge >= 0.3 is 0 Å². The Morgan fingerprint density at radius 2 is 1.78 bits per heavy atom. The third-order valence-electron chi connectivity index (χ3n) is 4.52. The predicted molar refractivity (Wildman–Crippen MR) is 130 cm³/mol. The van der Waals surface area contributed by atoms with Crippen LogP contribution in [0.1, 0.15) is 25.6 Å². The van der Waals surface area contributed by atoms with Gasteiger partial charge < -0.3 is 16.0 Å². The van der Waals surface area contributed by atoms with Crippen LogP contribution in [0.3, 0.4) is 0 Å². The molecule has 4 rings (SSSR count). The molecule has 7 nitrogen and oxygen atoms in total. The molecule has 0 spiro atoms. The second-order valence-corrected chi connectivity index (χ2v) is 8.91. The Bertz CT molecular complexity index is 1200.